The van der Waals surface area contributed by atoms with Gasteiger partial charge in [-0.3, -0.25) is 4.79 Å². The van der Waals surface area contributed by atoms with Crippen molar-refractivity contribution >= 4 is 23.3 Å². The van der Waals surface area contributed by atoms with Gasteiger partial charge in [0.2, 0.25) is 0 Å². The predicted molar refractivity (Wildman–Crippen MR) is 117 cm³/mol. The van der Waals surface area contributed by atoms with Crippen LogP contribution in [-0.2, 0) is 9.53 Å². The van der Waals surface area contributed by atoms with E-state index in [-0.39, 0.29) is 17.7 Å². The molecule has 6 nitrogen and oxygen atoms in total. The summed E-state index contributed by atoms with van der Waals surface area (Å²) < 4.78 is 7.42. The van der Waals surface area contributed by atoms with E-state index < -0.39 is 5.91 Å². The van der Waals surface area contributed by atoms with E-state index in [1.807, 2.05) is 38.3 Å². The van der Waals surface area contributed by atoms with E-state index in [4.69, 9.17) is 4.74 Å². The molecule has 2 unspecified atom stereocenters. The molecule has 0 aliphatic carbocycles. The molecule has 1 N–H and O–H groups in total. The highest BCUT2D eigenvalue weighted by molar-refractivity contribution is 7.09. The third-order valence-corrected chi connectivity index (χ3v) is 6.03. The van der Waals surface area contributed by atoms with Crippen LogP contribution in [0.25, 0.3) is 6.08 Å². The summed E-state index contributed by atoms with van der Waals surface area (Å²) in [5, 5.41) is 15.4. The average Bonchev–Trinajstić information content (AvgIpc) is 3.25. The second-order valence-electron chi connectivity index (χ2n) is 7.63. The van der Waals surface area contributed by atoms with Crippen LogP contribution in [0.15, 0.2) is 17.0 Å². The predicted octanol–water partition coefficient (Wildman–Crippen LogP) is 4.68. The lowest BCUT2D eigenvalue weighted by Crippen LogP contribution is -2.27. The molecule has 0 radical (unpaired) electrons. The third-order valence-electron chi connectivity index (χ3n) is 4.86. The molecule has 0 aliphatic rings. The Labute approximate surface area is 177 Å². The minimum absolute atomic E-state index is 0.0795. The molecule has 0 aliphatic heterocycles. The van der Waals surface area contributed by atoms with Crippen LogP contribution < -0.4 is 5.32 Å². The number of nitriles is 1. The number of thiazole rings is 1. The minimum atomic E-state index is -0.395. The molecule has 0 saturated carbocycles. The smallest absolute Gasteiger partial charge is 0.262 e. The summed E-state index contributed by atoms with van der Waals surface area (Å²) >= 11 is 1.59. The lowest BCUT2D eigenvalue weighted by molar-refractivity contribution is -0.117. The largest absolute Gasteiger partial charge is 0.383 e. The van der Waals surface area contributed by atoms with Gasteiger partial charge in [0.05, 0.1) is 29.4 Å². The number of hydrogen-bond donors (Lipinski definition) is 1. The molecular formula is C22H30N4O2S. The summed E-state index contributed by atoms with van der Waals surface area (Å²) in [6.45, 7) is 12.7. The molecule has 2 aromatic heterocycles. The molecule has 156 valence electrons. The molecule has 1 amide bonds. The van der Waals surface area contributed by atoms with E-state index in [1.165, 1.54) is 0 Å². The molecule has 2 aromatic rings. The van der Waals surface area contributed by atoms with Gasteiger partial charge in [0.25, 0.3) is 5.91 Å². The van der Waals surface area contributed by atoms with Gasteiger partial charge >= 0.3 is 0 Å². The van der Waals surface area contributed by atoms with Crippen LogP contribution >= 0.6 is 11.3 Å². The maximum atomic E-state index is 12.7. The SMILES string of the molecule is COCC(C)n1c(C)cc(/C=C(/C#N)C(=O)NC(C)c2csc(C(C)C)n2)c1C. The fourth-order valence-corrected chi connectivity index (χ4v) is 4.29. The zero-order valence-electron chi connectivity index (χ0n) is 18.2. The maximum Gasteiger partial charge on any atom is 0.262 e. The van der Waals surface area contributed by atoms with E-state index in [2.05, 4.69) is 35.6 Å². The number of amides is 1. The fraction of sp³-hybridized carbons (Fsp3) is 0.500. The first-order valence-electron chi connectivity index (χ1n) is 9.74. The Kier molecular flexibility index (Phi) is 7.77. The summed E-state index contributed by atoms with van der Waals surface area (Å²) in [7, 11) is 1.68. The molecule has 2 atom stereocenters. The monoisotopic (exact) mass is 414 g/mol. The van der Waals surface area contributed by atoms with Crippen molar-refractivity contribution in [2.24, 2.45) is 0 Å². The lowest BCUT2D eigenvalue weighted by Gasteiger charge is -2.17. The third kappa shape index (κ3) is 5.34. The number of aromatic nitrogens is 2. The summed E-state index contributed by atoms with van der Waals surface area (Å²) in [5.74, 6) is -0.0455. The molecule has 0 bridgehead atoms. The van der Waals surface area contributed by atoms with Crippen molar-refractivity contribution < 1.29 is 9.53 Å². The van der Waals surface area contributed by atoms with Gasteiger partial charge < -0.3 is 14.6 Å². The fourth-order valence-electron chi connectivity index (χ4n) is 3.36. The number of ether oxygens (including phenoxy) is 1. The van der Waals surface area contributed by atoms with Crippen molar-refractivity contribution in [3.05, 3.63) is 44.7 Å². The van der Waals surface area contributed by atoms with Crippen molar-refractivity contribution in [2.45, 2.75) is 59.5 Å². The molecular weight excluding hydrogens is 384 g/mol. The number of carbonyl (C=O) groups excluding carboxylic acids is 1. The Morgan fingerprint density at radius 1 is 1.38 bits per heavy atom. The number of methoxy groups -OCH3 is 1. The number of carbonyl (C=O) groups is 1. The van der Waals surface area contributed by atoms with Crippen LogP contribution in [0.5, 0.6) is 0 Å². The molecule has 0 spiro atoms. The number of nitrogens with zero attached hydrogens (tertiary/aromatic N) is 3. The standard InChI is InChI=1S/C22H30N4O2S/c1-13(2)22-25-20(12-29-22)16(5)24-21(27)19(10-23)9-18-8-14(3)26(17(18)6)15(4)11-28-7/h8-9,12-13,15-16H,11H2,1-7H3,(H,24,27)/b19-9-. The highest BCUT2D eigenvalue weighted by atomic mass is 32.1. The molecule has 7 heteroatoms. The quantitative estimate of drug-likeness (QED) is 0.502. The van der Waals surface area contributed by atoms with Crippen LogP contribution in [0.1, 0.15) is 73.3 Å². The first-order chi connectivity index (χ1) is 13.7. The highest BCUT2D eigenvalue weighted by Gasteiger charge is 2.19. The van der Waals surface area contributed by atoms with Crippen LogP contribution in [0, 0.1) is 25.2 Å². The molecule has 2 rings (SSSR count). The van der Waals surface area contributed by atoms with Crippen molar-refractivity contribution in [2.75, 3.05) is 13.7 Å². The lowest BCUT2D eigenvalue weighted by atomic mass is 10.1. The van der Waals surface area contributed by atoms with Gasteiger partial charge in [-0.15, -0.1) is 11.3 Å². The maximum absolute atomic E-state index is 12.7. The second-order valence-corrected chi connectivity index (χ2v) is 8.52. The molecule has 29 heavy (non-hydrogen) atoms. The zero-order chi connectivity index (χ0) is 21.7. The first kappa shape index (κ1) is 22.9. The molecule has 0 saturated heterocycles. The number of rotatable bonds is 8. The topological polar surface area (TPSA) is 79.9 Å². The first-order valence-corrected chi connectivity index (χ1v) is 10.6. The second kappa shape index (κ2) is 9.86. The van der Waals surface area contributed by atoms with Crippen LogP contribution in [0.2, 0.25) is 0 Å². The number of aryl methyl sites for hydroxylation is 1. The van der Waals surface area contributed by atoms with Crippen molar-refractivity contribution in [1.82, 2.24) is 14.9 Å². The normalized spacial score (nSPS) is 14.0. The minimum Gasteiger partial charge on any atom is -0.383 e. The molecule has 0 fully saturated rings. The van der Waals surface area contributed by atoms with E-state index >= 15 is 0 Å². The van der Waals surface area contributed by atoms with Crippen molar-refractivity contribution in [3.8, 4) is 6.07 Å². The Morgan fingerprint density at radius 2 is 2.07 bits per heavy atom. The Morgan fingerprint density at radius 3 is 2.62 bits per heavy atom. The van der Waals surface area contributed by atoms with Gasteiger partial charge in [-0.1, -0.05) is 13.8 Å². The van der Waals surface area contributed by atoms with E-state index in [0.717, 1.165) is 27.7 Å². The summed E-state index contributed by atoms with van der Waals surface area (Å²) in [6, 6.07) is 3.93. The van der Waals surface area contributed by atoms with Gasteiger partial charge in [-0.2, -0.15) is 5.26 Å². The van der Waals surface area contributed by atoms with E-state index in [1.54, 1.807) is 24.5 Å². The summed E-state index contributed by atoms with van der Waals surface area (Å²) in [6.07, 6.45) is 1.65. The van der Waals surface area contributed by atoms with Crippen molar-refractivity contribution in [1.29, 1.82) is 5.26 Å². The average molecular weight is 415 g/mol. The van der Waals surface area contributed by atoms with Gasteiger partial charge in [-0.25, -0.2) is 4.98 Å². The van der Waals surface area contributed by atoms with Gasteiger partial charge in [-0.05, 0) is 45.4 Å². The number of nitrogens with one attached hydrogen (secondary N) is 1. The van der Waals surface area contributed by atoms with Gasteiger partial charge in [0.1, 0.15) is 11.6 Å². The Bertz CT molecular complexity index is 933. The molecule has 2 heterocycles. The zero-order valence-corrected chi connectivity index (χ0v) is 19.1. The summed E-state index contributed by atoms with van der Waals surface area (Å²) in [5.41, 5.74) is 3.82. The van der Waals surface area contributed by atoms with Gasteiger partial charge in [0, 0.05) is 29.8 Å². The Hall–Kier alpha value is -2.43. The van der Waals surface area contributed by atoms with Crippen LogP contribution in [0.3, 0.4) is 0 Å². The van der Waals surface area contributed by atoms with Gasteiger partial charge in [0.15, 0.2) is 0 Å². The van der Waals surface area contributed by atoms with Crippen LogP contribution in [0.4, 0.5) is 0 Å². The Balaban J connectivity index is 2.22. The molecule has 0 aromatic carbocycles. The van der Waals surface area contributed by atoms with E-state index in [0.29, 0.717) is 12.5 Å². The van der Waals surface area contributed by atoms with Crippen LogP contribution in [-0.4, -0.2) is 29.2 Å². The summed E-state index contributed by atoms with van der Waals surface area (Å²) in [4.78, 5) is 17.3. The highest BCUT2D eigenvalue weighted by Crippen LogP contribution is 2.24. The van der Waals surface area contributed by atoms with Crippen molar-refractivity contribution in [3.63, 3.8) is 0 Å². The number of hydrogen-bond acceptors (Lipinski definition) is 5. The van der Waals surface area contributed by atoms with E-state index in [9.17, 15) is 10.1 Å².